The highest BCUT2D eigenvalue weighted by atomic mass is 35.5. The highest BCUT2D eigenvalue weighted by molar-refractivity contribution is 7.09. The summed E-state index contributed by atoms with van der Waals surface area (Å²) in [5.41, 5.74) is 1.47. The van der Waals surface area contributed by atoms with Crippen molar-refractivity contribution in [2.75, 3.05) is 13.1 Å². The molecular weight excluding hydrogens is 396 g/mol. The summed E-state index contributed by atoms with van der Waals surface area (Å²) in [4.78, 5) is 28.6. The van der Waals surface area contributed by atoms with Crippen molar-refractivity contribution < 1.29 is 9.59 Å². The maximum absolute atomic E-state index is 12.0. The van der Waals surface area contributed by atoms with E-state index in [-0.39, 0.29) is 24.2 Å². The fourth-order valence-corrected chi connectivity index (χ4v) is 3.88. The van der Waals surface area contributed by atoms with Gasteiger partial charge in [-0.25, -0.2) is 4.98 Å². The van der Waals surface area contributed by atoms with Crippen molar-refractivity contribution in [3.8, 4) is 0 Å². The van der Waals surface area contributed by atoms with Crippen LogP contribution in [0.3, 0.4) is 0 Å². The zero-order valence-corrected chi connectivity index (χ0v) is 17.4. The minimum Gasteiger partial charge on any atom is -0.350 e. The largest absolute Gasteiger partial charge is 0.350 e. The molecule has 0 spiro atoms. The zero-order chi connectivity index (χ0) is 18.9. The number of hydrogen-bond donors (Lipinski definition) is 3. The maximum Gasteiger partial charge on any atom is 0.251 e. The van der Waals surface area contributed by atoms with Crippen molar-refractivity contribution in [1.29, 1.82) is 0 Å². The third-order valence-electron chi connectivity index (χ3n) is 4.74. The van der Waals surface area contributed by atoms with Crippen LogP contribution in [0.2, 0.25) is 0 Å². The Bertz CT molecular complexity index is 748. The fourth-order valence-electron chi connectivity index (χ4n) is 3.14. The molecule has 0 aliphatic carbocycles. The van der Waals surface area contributed by atoms with Gasteiger partial charge in [-0.3, -0.25) is 9.59 Å². The van der Waals surface area contributed by atoms with Gasteiger partial charge in [-0.05, 0) is 50.4 Å². The first-order valence-electron chi connectivity index (χ1n) is 9.44. The zero-order valence-electron chi connectivity index (χ0n) is 15.8. The molecule has 1 aliphatic heterocycles. The van der Waals surface area contributed by atoms with Gasteiger partial charge in [-0.2, -0.15) is 0 Å². The molecule has 6 nitrogen and oxygen atoms in total. The first-order valence-corrected chi connectivity index (χ1v) is 10.3. The molecule has 0 unspecified atom stereocenters. The molecule has 0 atom stereocenters. The molecule has 152 valence electrons. The van der Waals surface area contributed by atoms with Crippen molar-refractivity contribution in [1.82, 2.24) is 20.9 Å². The first kappa shape index (κ1) is 22.3. The van der Waals surface area contributed by atoms with E-state index in [1.54, 1.807) is 12.1 Å². The molecule has 28 heavy (non-hydrogen) atoms. The van der Waals surface area contributed by atoms with Gasteiger partial charge in [0.15, 0.2) is 0 Å². The van der Waals surface area contributed by atoms with E-state index in [9.17, 15) is 9.59 Å². The summed E-state index contributed by atoms with van der Waals surface area (Å²) < 4.78 is 0. The summed E-state index contributed by atoms with van der Waals surface area (Å²) in [7, 11) is 0. The number of carbonyl (C=O) groups excluding carboxylic acids is 2. The van der Waals surface area contributed by atoms with Gasteiger partial charge in [0.1, 0.15) is 5.01 Å². The molecule has 1 aromatic heterocycles. The monoisotopic (exact) mass is 422 g/mol. The molecule has 1 fully saturated rings. The summed E-state index contributed by atoms with van der Waals surface area (Å²) in [6.07, 6.45) is 3.87. The molecule has 8 heteroatoms. The number of piperidine rings is 1. The molecule has 3 N–H and O–H groups in total. The summed E-state index contributed by atoms with van der Waals surface area (Å²) >= 11 is 1.49. The van der Waals surface area contributed by atoms with Gasteiger partial charge in [0.2, 0.25) is 5.91 Å². The molecule has 2 amide bonds. The Balaban J connectivity index is 0.00000280. The lowest BCUT2D eigenvalue weighted by Gasteiger charge is -2.22. The Morgan fingerprint density at radius 1 is 1.11 bits per heavy atom. The van der Waals surface area contributed by atoms with Gasteiger partial charge < -0.3 is 16.0 Å². The van der Waals surface area contributed by atoms with E-state index in [4.69, 9.17) is 0 Å². The number of rotatable bonds is 8. The molecule has 0 saturated carbocycles. The second-order valence-corrected chi connectivity index (χ2v) is 7.73. The van der Waals surface area contributed by atoms with Crippen LogP contribution in [-0.2, 0) is 17.9 Å². The predicted octanol–water partition coefficient (Wildman–Crippen LogP) is 2.89. The van der Waals surface area contributed by atoms with Crippen LogP contribution >= 0.6 is 23.7 Å². The third kappa shape index (κ3) is 7.22. The van der Waals surface area contributed by atoms with E-state index in [1.165, 1.54) is 11.3 Å². The lowest BCUT2D eigenvalue weighted by atomic mass is 9.93. The van der Waals surface area contributed by atoms with E-state index in [0.29, 0.717) is 31.0 Å². The second kappa shape index (κ2) is 11.8. The number of benzene rings is 1. The Morgan fingerprint density at radius 3 is 2.61 bits per heavy atom. The average molecular weight is 423 g/mol. The van der Waals surface area contributed by atoms with E-state index >= 15 is 0 Å². The quantitative estimate of drug-likeness (QED) is 0.610. The normalized spacial score (nSPS) is 14.1. The SMILES string of the molecule is Cl.O=C(CCC1CCNCC1)NCc1csc(CNC(=O)c2ccccc2)n1. The van der Waals surface area contributed by atoms with Crippen LogP contribution in [0.25, 0.3) is 0 Å². The minimum atomic E-state index is -0.112. The first-order chi connectivity index (χ1) is 13.2. The molecule has 2 heterocycles. The minimum absolute atomic E-state index is 0. The molecule has 0 bridgehead atoms. The van der Waals surface area contributed by atoms with E-state index in [0.717, 1.165) is 43.1 Å². The fraction of sp³-hybridized carbons (Fsp3) is 0.450. The molecule has 3 rings (SSSR count). The molecule has 1 aromatic carbocycles. The van der Waals surface area contributed by atoms with Crippen molar-refractivity contribution in [3.05, 3.63) is 52.0 Å². The summed E-state index contributed by atoms with van der Waals surface area (Å²) in [5.74, 6) is 0.634. The van der Waals surface area contributed by atoms with Crippen molar-refractivity contribution >= 4 is 35.6 Å². The third-order valence-corrected chi connectivity index (χ3v) is 5.64. The molecule has 0 radical (unpaired) electrons. The number of carbonyl (C=O) groups is 2. The highest BCUT2D eigenvalue weighted by Gasteiger charge is 2.14. The van der Waals surface area contributed by atoms with Crippen molar-refractivity contribution in [3.63, 3.8) is 0 Å². The van der Waals surface area contributed by atoms with Crippen LogP contribution in [0, 0.1) is 5.92 Å². The van der Waals surface area contributed by atoms with E-state index in [2.05, 4.69) is 20.9 Å². The number of halogens is 1. The molecular formula is C20H27ClN4O2S. The van der Waals surface area contributed by atoms with Crippen molar-refractivity contribution in [2.45, 2.75) is 38.8 Å². The lowest BCUT2D eigenvalue weighted by molar-refractivity contribution is -0.121. The van der Waals surface area contributed by atoms with Gasteiger partial charge in [-0.15, -0.1) is 23.7 Å². The molecule has 1 saturated heterocycles. The lowest BCUT2D eigenvalue weighted by Crippen LogP contribution is -2.29. The maximum atomic E-state index is 12.0. The number of aromatic nitrogens is 1. The van der Waals surface area contributed by atoms with Crippen LogP contribution in [0.15, 0.2) is 35.7 Å². The van der Waals surface area contributed by atoms with E-state index < -0.39 is 0 Å². The number of amides is 2. The Hall–Kier alpha value is -1.96. The van der Waals surface area contributed by atoms with Crippen LogP contribution in [0.4, 0.5) is 0 Å². The Kier molecular flexibility index (Phi) is 9.40. The van der Waals surface area contributed by atoms with Crippen LogP contribution in [-0.4, -0.2) is 29.9 Å². The van der Waals surface area contributed by atoms with Crippen LogP contribution in [0.5, 0.6) is 0 Å². The number of nitrogens with one attached hydrogen (secondary N) is 3. The number of thiazole rings is 1. The second-order valence-electron chi connectivity index (χ2n) is 6.79. The molecule has 1 aliphatic rings. The van der Waals surface area contributed by atoms with Gasteiger partial charge in [-0.1, -0.05) is 18.2 Å². The summed E-state index contributed by atoms with van der Waals surface area (Å²) in [5, 5.41) is 11.9. The summed E-state index contributed by atoms with van der Waals surface area (Å²) in [6.45, 7) is 2.96. The highest BCUT2D eigenvalue weighted by Crippen LogP contribution is 2.17. The Morgan fingerprint density at radius 2 is 1.86 bits per heavy atom. The van der Waals surface area contributed by atoms with E-state index in [1.807, 2.05) is 23.6 Å². The van der Waals surface area contributed by atoms with Gasteiger partial charge in [0.25, 0.3) is 5.91 Å². The Labute approximate surface area is 175 Å². The standard InChI is InChI=1S/C20H26N4O2S.ClH/c25-18(7-6-15-8-10-21-11-9-15)22-12-17-14-27-19(24-17)13-23-20(26)16-4-2-1-3-5-16;/h1-5,14-15,21H,6-13H2,(H,22,25)(H,23,26);1H. The number of nitrogens with zero attached hydrogens (tertiary/aromatic N) is 1. The number of hydrogen-bond acceptors (Lipinski definition) is 5. The van der Waals surface area contributed by atoms with Gasteiger partial charge in [0, 0.05) is 17.4 Å². The predicted molar refractivity (Wildman–Crippen MR) is 114 cm³/mol. The van der Waals surface area contributed by atoms with Gasteiger partial charge >= 0.3 is 0 Å². The topological polar surface area (TPSA) is 83.1 Å². The smallest absolute Gasteiger partial charge is 0.251 e. The summed E-state index contributed by atoms with van der Waals surface area (Å²) in [6, 6.07) is 9.11. The molecule has 2 aromatic rings. The van der Waals surface area contributed by atoms with Crippen LogP contribution in [0.1, 0.15) is 46.7 Å². The van der Waals surface area contributed by atoms with Crippen LogP contribution < -0.4 is 16.0 Å². The average Bonchev–Trinajstić information content (AvgIpc) is 3.18. The van der Waals surface area contributed by atoms with Crippen molar-refractivity contribution in [2.24, 2.45) is 5.92 Å². The van der Waals surface area contributed by atoms with Gasteiger partial charge in [0.05, 0.1) is 18.8 Å².